The number of pyridine rings is 1. The fraction of sp³-hybridized carbons (Fsp3) is 0.200. The van der Waals surface area contributed by atoms with Gasteiger partial charge in [-0.3, -0.25) is 14.6 Å². The first kappa shape index (κ1) is 18.4. The molecule has 138 valence electrons. The summed E-state index contributed by atoms with van der Waals surface area (Å²) in [5, 5.41) is 2.81. The van der Waals surface area contributed by atoms with E-state index in [0.29, 0.717) is 22.6 Å². The maximum Gasteiger partial charge on any atom is 0.255 e. The van der Waals surface area contributed by atoms with Gasteiger partial charge in [-0.05, 0) is 43.7 Å². The molecule has 0 saturated heterocycles. The van der Waals surface area contributed by atoms with Crippen molar-refractivity contribution in [1.29, 1.82) is 0 Å². The third-order valence-electron chi connectivity index (χ3n) is 4.24. The number of amides is 1. The first-order chi connectivity index (χ1) is 12.9. The number of hydrogen-bond acceptors (Lipinski definition) is 4. The van der Waals surface area contributed by atoms with E-state index < -0.39 is 0 Å². The van der Waals surface area contributed by atoms with Crippen molar-refractivity contribution in [3.63, 3.8) is 0 Å². The predicted molar refractivity (Wildman–Crippen MR) is 99.5 cm³/mol. The third-order valence-corrected chi connectivity index (χ3v) is 4.24. The Kier molecular flexibility index (Phi) is 5.40. The quantitative estimate of drug-likeness (QED) is 0.727. The number of carbonyl (C=O) groups excluding carboxylic acids is 1. The second kappa shape index (κ2) is 7.90. The molecule has 3 rings (SSSR count). The SMILES string of the molecule is Cc1nc(-c2cccnc2)[nH]c(=O)c1CC(=O)N[C@H](C)c1ccc(F)cc1. The van der Waals surface area contributed by atoms with E-state index in [1.165, 1.54) is 12.1 Å². The zero-order chi connectivity index (χ0) is 19.4. The van der Waals surface area contributed by atoms with Crippen molar-refractivity contribution in [2.75, 3.05) is 0 Å². The molecule has 2 heterocycles. The van der Waals surface area contributed by atoms with Crippen molar-refractivity contribution >= 4 is 5.91 Å². The van der Waals surface area contributed by atoms with E-state index in [-0.39, 0.29) is 29.7 Å². The Labute approximate surface area is 155 Å². The molecule has 0 aliphatic rings. The monoisotopic (exact) mass is 366 g/mol. The summed E-state index contributed by atoms with van der Waals surface area (Å²) >= 11 is 0. The summed E-state index contributed by atoms with van der Waals surface area (Å²) in [5.41, 5.74) is 1.92. The van der Waals surface area contributed by atoms with Crippen LogP contribution in [0.3, 0.4) is 0 Å². The molecule has 0 saturated carbocycles. The summed E-state index contributed by atoms with van der Waals surface area (Å²) in [6.07, 6.45) is 3.15. The molecule has 0 radical (unpaired) electrons. The highest BCUT2D eigenvalue weighted by Crippen LogP contribution is 2.15. The Balaban J connectivity index is 1.74. The largest absolute Gasteiger partial charge is 0.349 e. The van der Waals surface area contributed by atoms with Crippen molar-refractivity contribution in [3.8, 4) is 11.4 Å². The molecular formula is C20H19FN4O2. The molecular weight excluding hydrogens is 347 g/mol. The molecule has 2 N–H and O–H groups in total. The lowest BCUT2D eigenvalue weighted by Crippen LogP contribution is -2.31. The standard InChI is InChI=1S/C20H19FN4O2/c1-12(14-5-7-16(21)8-6-14)23-18(26)10-17-13(2)24-19(25-20(17)27)15-4-3-9-22-11-15/h3-9,11-12H,10H2,1-2H3,(H,23,26)(H,24,25,27)/t12-/m1/s1. The lowest BCUT2D eigenvalue weighted by Gasteiger charge is -2.15. The Morgan fingerprint density at radius 2 is 2.00 bits per heavy atom. The molecule has 27 heavy (non-hydrogen) atoms. The van der Waals surface area contributed by atoms with Crippen LogP contribution < -0.4 is 10.9 Å². The van der Waals surface area contributed by atoms with E-state index in [1.54, 1.807) is 50.5 Å². The first-order valence-corrected chi connectivity index (χ1v) is 8.49. The van der Waals surface area contributed by atoms with Crippen LogP contribution in [0.2, 0.25) is 0 Å². The van der Waals surface area contributed by atoms with Gasteiger partial charge in [0.1, 0.15) is 11.6 Å². The molecule has 0 fully saturated rings. The molecule has 0 aliphatic heterocycles. The molecule has 0 unspecified atom stereocenters. The van der Waals surface area contributed by atoms with Gasteiger partial charge in [0.2, 0.25) is 5.91 Å². The number of aromatic amines is 1. The average Bonchev–Trinajstić information content (AvgIpc) is 2.65. The van der Waals surface area contributed by atoms with Crippen molar-refractivity contribution in [3.05, 3.63) is 81.8 Å². The number of nitrogens with zero attached hydrogens (tertiary/aromatic N) is 2. The minimum Gasteiger partial charge on any atom is -0.349 e. The molecule has 1 amide bonds. The fourth-order valence-electron chi connectivity index (χ4n) is 2.75. The van der Waals surface area contributed by atoms with Crippen LogP contribution >= 0.6 is 0 Å². The zero-order valence-electron chi connectivity index (χ0n) is 15.0. The molecule has 6 nitrogen and oxygen atoms in total. The van der Waals surface area contributed by atoms with Gasteiger partial charge in [-0.15, -0.1) is 0 Å². The molecule has 3 aromatic rings. The molecule has 7 heteroatoms. The number of H-pyrrole nitrogens is 1. The maximum atomic E-state index is 13.0. The Bertz CT molecular complexity index is 1000. The zero-order valence-corrected chi connectivity index (χ0v) is 15.0. The normalized spacial score (nSPS) is 11.8. The highest BCUT2D eigenvalue weighted by atomic mass is 19.1. The molecule has 0 aliphatic carbocycles. The highest BCUT2D eigenvalue weighted by Gasteiger charge is 2.16. The number of nitrogens with one attached hydrogen (secondary N) is 2. The van der Waals surface area contributed by atoms with Gasteiger partial charge in [0.25, 0.3) is 5.56 Å². The fourth-order valence-corrected chi connectivity index (χ4v) is 2.75. The van der Waals surface area contributed by atoms with E-state index in [1.807, 2.05) is 0 Å². The van der Waals surface area contributed by atoms with Crippen LogP contribution in [0, 0.1) is 12.7 Å². The lowest BCUT2D eigenvalue weighted by molar-refractivity contribution is -0.121. The third kappa shape index (κ3) is 4.44. The second-order valence-electron chi connectivity index (χ2n) is 6.24. The van der Waals surface area contributed by atoms with Crippen LogP contribution in [0.25, 0.3) is 11.4 Å². The van der Waals surface area contributed by atoms with Gasteiger partial charge in [0.15, 0.2) is 0 Å². The van der Waals surface area contributed by atoms with Crippen LogP contribution in [0.1, 0.15) is 29.8 Å². The molecule has 1 atom stereocenters. The van der Waals surface area contributed by atoms with Gasteiger partial charge < -0.3 is 10.3 Å². The van der Waals surface area contributed by atoms with Gasteiger partial charge in [-0.2, -0.15) is 0 Å². The van der Waals surface area contributed by atoms with Crippen LogP contribution in [-0.4, -0.2) is 20.9 Å². The Morgan fingerprint density at radius 3 is 2.63 bits per heavy atom. The number of aromatic nitrogens is 3. The number of benzene rings is 1. The van der Waals surface area contributed by atoms with Gasteiger partial charge in [0.05, 0.1) is 12.5 Å². The van der Waals surface area contributed by atoms with E-state index >= 15 is 0 Å². The van der Waals surface area contributed by atoms with Gasteiger partial charge in [-0.1, -0.05) is 12.1 Å². The smallest absolute Gasteiger partial charge is 0.255 e. The van der Waals surface area contributed by atoms with Crippen molar-refractivity contribution in [1.82, 2.24) is 20.3 Å². The summed E-state index contributed by atoms with van der Waals surface area (Å²) in [6.45, 7) is 3.49. The summed E-state index contributed by atoms with van der Waals surface area (Å²) in [4.78, 5) is 35.9. The minimum atomic E-state index is -0.356. The summed E-state index contributed by atoms with van der Waals surface area (Å²) < 4.78 is 13.0. The molecule has 1 aromatic carbocycles. The number of hydrogen-bond donors (Lipinski definition) is 2. The Morgan fingerprint density at radius 1 is 1.26 bits per heavy atom. The molecule has 0 spiro atoms. The van der Waals surface area contributed by atoms with E-state index in [9.17, 15) is 14.0 Å². The minimum absolute atomic E-state index is 0.0903. The van der Waals surface area contributed by atoms with E-state index in [4.69, 9.17) is 0 Å². The summed E-state index contributed by atoms with van der Waals surface area (Å²) in [7, 11) is 0. The Hall–Kier alpha value is -3.35. The summed E-state index contributed by atoms with van der Waals surface area (Å²) in [6, 6.07) is 9.15. The number of carbonyl (C=O) groups is 1. The molecule has 0 bridgehead atoms. The van der Waals surface area contributed by atoms with Gasteiger partial charge in [-0.25, -0.2) is 9.37 Å². The van der Waals surface area contributed by atoms with Crippen LogP contribution in [-0.2, 0) is 11.2 Å². The second-order valence-corrected chi connectivity index (χ2v) is 6.24. The maximum absolute atomic E-state index is 13.0. The van der Waals surface area contributed by atoms with Crippen LogP contribution in [0.5, 0.6) is 0 Å². The average molecular weight is 366 g/mol. The van der Waals surface area contributed by atoms with Gasteiger partial charge in [0, 0.05) is 29.2 Å². The van der Waals surface area contributed by atoms with Crippen molar-refractivity contribution in [2.24, 2.45) is 0 Å². The van der Waals surface area contributed by atoms with Crippen LogP contribution in [0.4, 0.5) is 4.39 Å². The van der Waals surface area contributed by atoms with Crippen LogP contribution in [0.15, 0.2) is 53.6 Å². The van der Waals surface area contributed by atoms with Crippen molar-refractivity contribution in [2.45, 2.75) is 26.3 Å². The van der Waals surface area contributed by atoms with Gasteiger partial charge >= 0.3 is 0 Å². The number of rotatable bonds is 5. The van der Waals surface area contributed by atoms with E-state index in [0.717, 1.165) is 5.56 Å². The summed E-state index contributed by atoms with van der Waals surface area (Å²) in [5.74, 6) is -0.231. The predicted octanol–water partition coefficient (Wildman–Crippen LogP) is 2.70. The number of halogens is 1. The van der Waals surface area contributed by atoms with E-state index in [2.05, 4.69) is 20.3 Å². The molecule has 2 aromatic heterocycles. The number of aryl methyl sites for hydroxylation is 1. The highest BCUT2D eigenvalue weighted by molar-refractivity contribution is 5.79. The topological polar surface area (TPSA) is 87.7 Å². The first-order valence-electron chi connectivity index (χ1n) is 8.49. The van der Waals surface area contributed by atoms with Crippen molar-refractivity contribution < 1.29 is 9.18 Å². The lowest BCUT2D eigenvalue weighted by atomic mass is 10.1.